The van der Waals surface area contributed by atoms with Gasteiger partial charge in [-0.2, -0.15) is 0 Å². The van der Waals surface area contributed by atoms with Crippen LogP contribution in [0.1, 0.15) is 23.0 Å². The topological polar surface area (TPSA) is 56.3 Å². The maximum absolute atomic E-state index is 12.9. The van der Waals surface area contributed by atoms with Crippen LogP contribution in [-0.2, 0) is 16.0 Å². The minimum absolute atomic E-state index is 0.216. The van der Waals surface area contributed by atoms with E-state index in [1.165, 1.54) is 0 Å². The summed E-state index contributed by atoms with van der Waals surface area (Å²) >= 11 is 0. The Labute approximate surface area is 146 Å². The van der Waals surface area contributed by atoms with Crippen LogP contribution in [0.25, 0.3) is 10.8 Å². The summed E-state index contributed by atoms with van der Waals surface area (Å²) in [6.45, 7) is 1.97. The zero-order valence-corrected chi connectivity index (χ0v) is 14.0. The van der Waals surface area contributed by atoms with Gasteiger partial charge in [0.15, 0.2) is 5.78 Å². The highest BCUT2D eigenvalue weighted by Crippen LogP contribution is 2.22. The van der Waals surface area contributed by atoms with Crippen molar-refractivity contribution < 1.29 is 14.3 Å². The summed E-state index contributed by atoms with van der Waals surface area (Å²) in [6, 6.07) is 18.6. The third kappa shape index (κ3) is 3.74. The van der Waals surface area contributed by atoms with Crippen LogP contribution in [0.2, 0.25) is 0 Å². The fourth-order valence-corrected chi connectivity index (χ4v) is 2.87. The number of fused-ring (bicyclic) bond motifs is 1. The summed E-state index contributed by atoms with van der Waals surface area (Å²) in [5.41, 5.74) is 1.22. The molecule has 1 heterocycles. The number of rotatable bonds is 6. The number of carbonyl (C=O) groups excluding carboxylic acids is 2. The second-order valence-corrected chi connectivity index (χ2v) is 5.72. The minimum Gasteiger partial charge on any atom is -0.465 e. The molecule has 126 valence electrons. The first-order chi connectivity index (χ1) is 12.2. The SMILES string of the molecule is CCOC(=O)[C@@H](Cc1nccc2ccccc12)C(=O)c1ccccc1. The molecule has 0 aliphatic carbocycles. The Morgan fingerprint density at radius 2 is 1.72 bits per heavy atom. The number of hydrogen-bond donors (Lipinski definition) is 0. The summed E-state index contributed by atoms with van der Waals surface area (Å²) in [7, 11) is 0. The molecule has 1 aromatic heterocycles. The number of ketones is 1. The average Bonchev–Trinajstić information content (AvgIpc) is 2.66. The molecule has 3 rings (SSSR count). The first-order valence-electron chi connectivity index (χ1n) is 8.29. The third-order valence-corrected chi connectivity index (χ3v) is 4.10. The van der Waals surface area contributed by atoms with Crippen LogP contribution in [0.4, 0.5) is 0 Å². The molecule has 0 spiro atoms. The van der Waals surface area contributed by atoms with E-state index in [0.29, 0.717) is 5.56 Å². The normalized spacial score (nSPS) is 11.9. The van der Waals surface area contributed by atoms with Crippen molar-refractivity contribution in [2.75, 3.05) is 6.61 Å². The van der Waals surface area contributed by atoms with Crippen LogP contribution in [0.15, 0.2) is 66.9 Å². The van der Waals surface area contributed by atoms with Gasteiger partial charge in [0.05, 0.1) is 6.61 Å². The molecule has 0 amide bonds. The van der Waals surface area contributed by atoms with Crippen molar-refractivity contribution in [2.45, 2.75) is 13.3 Å². The Bertz CT molecular complexity index is 885. The molecule has 2 aromatic carbocycles. The number of nitrogens with zero attached hydrogens (tertiary/aromatic N) is 1. The number of benzene rings is 2. The van der Waals surface area contributed by atoms with Gasteiger partial charge in [-0.1, -0.05) is 54.6 Å². The van der Waals surface area contributed by atoms with E-state index in [9.17, 15) is 9.59 Å². The Hall–Kier alpha value is -3.01. The summed E-state index contributed by atoms with van der Waals surface area (Å²) in [6.07, 6.45) is 1.92. The van der Waals surface area contributed by atoms with E-state index in [0.717, 1.165) is 16.5 Å². The lowest BCUT2D eigenvalue weighted by molar-refractivity contribution is -0.146. The van der Waals surface area contributed by atoms with Gasteiger partial charge in [0.25, 0.3) is 0 Å². The maximum atomic E-state index is 12.9. The number of carbonyl (C=O) groups is 2. The highest BCUT2D eigenvalue weighted by atomic mass is 16.5. The first-order valence-corrected chi connectivity index (χ1v) is 8.29. The third-order valence-electron chi connectivity index (χ3n) is 4.10. The van der Waals surface area contributed by atoms with Crippen LogP contribution in [0.5, 0.6) is 0 Å². The summed E-state index contributed by atoms with van der Waals surface area (Å²) in [5, 5.41) is 1.97. The molecular formula is C21H19NO3. The molecule has 0 aliphatic heterocycles. The van der Waals surface area contributed by atoms with Gasteiger partial charge in [-0.05, 0) is 18.4 Å². The van der Waals surface area contributed by atoms with Crippen molar-refractivity contribution in [1.82, 2.24) is 4.98 Å². The Morgan fingerprint density at radius 3 is 2.48 bits per heavy atom. The zero-order valence-electron chi connectivity index (χ0n) is 14.0. The zero-order chi connectivity index (χ0) is 17.6. The Balaban J connectivity index is 1.97. The predicted octanol–water partition coefficient (Wildman–Crippen LogP) is 3.84. The lowest BCUT2D eigenvalue weighted by atomic mass is 9.91. The van der Waals surface area contributed by atoms with E-state index in [2.05, 4.69) is 4.98 Å². The molecule has 0 fully saturated rings. The largest absolute Gasteiger partial charge is 0.465 e. The van der Waals surface area contributed by atoms with Gasteiger partial charge in [0.2, 0.25) is 0 Å². The van der Waals surface area contributed by atoms with Crippen molar-refractivity contribution in [2.24, 2.45) is 5.92 Å². The molecule has 0 aliphatic rings. The predicted molar refractivity (Wildman–Crippen MR) is 96.3 cm³/mol. The number of ether oxygens (including phenoxy) is 1. The fraction of sp³-hybridized carbons (Fsp3) is 0.190. The number of pyridine rings is 1. The highest BCUT2D eigenvalue weighted by Gasteiger charge is 2.30. The van der Waals surface area contributed by atoms with E-state index < -0.39 is 11.9 Å². The Kier molecular flexibility index (Phi) is 5.19. The summed E-state index contributed by atoms with van der Waals surface area (Å²) < 4.78 is 5.14. The second kappa shape index (κ2) is 7.71. The number of aromatic nitrogens is 1. The quantitative estimate of drug-likeness (QED) is 0.391. The van der Waals surface area contributed by atoms with Crippen LogP contribution in [-0.4, -0.2) is 23.3 Å². The van der Waals surface area contributed by atoms with Gasteiger partial charge in [0, 0.05) is 29.3 Å². The Morgan fingerprint density at radius 1 is 1.00 bits per heavy atom. The van der Waals surface area contributed by atoms with Crippen molar-refractivity contribution in [3.63, 3.8) is 0 Å². The van der Waals surface area contributed by atoms with E-state index in [1.54, 1.807) is 37.4 Å². The number of esters is 1. The molecule has 0 radical (unpaired) electrons. The fourth-order valence-electron chi connectivity index (χ4n) is 2.87. The molecule has 0 bridgehead atoms. The van der Waals surface area contributed by atoms with Gasteiger partial charge in [-0.25, -0.2) is 0 Å². The van der Waals surface area contributed by atoms with Crippen LogP contribution in [0, 0.1) is 5.92 Å². The molecule has 0 saturated carbocycles. The van der Waals surface area contributed by atoms with Crippen molar-refractivity contribution in [3.8, 4) is 0 Å². The molecule has 0 unspecified atom stereocenters. The lowest BCUT2D eigenvalue weighted by Gasteiger charge is -2.15. The molecule has 25 heavy (non-hydrogen) atoms. The van der Waals surface area contributed by atoms with Gasteiger partial charge in [-0.3, -0.25) is 14.6 Å². The maximum Gasteiger partial charge on any atom is 0.317 e. The molecular weight excluding hydrogens is 314 g/mol. The van der Waals surface area contributed by atoms with E-state index in [-0.39, 0.29) is 18.8 Å². The van der Waals surface area contributed by atoms with E-state index in [1.807, 2.05) is 36.4 Å². The summed E-state index contributed by atoms with van der Waals surface area (Å²) in [5.74, 6) is -1.65. The monoisotopic (exact) mass is 333 g/mol. The van der Waals surface area contributed by atoms with Crippen molar-refractivity contribution >= 4 is 22.5 Å². The van der Waals surface area contributed by atoms with Crippen LogP contribution in [0.3, 0.4) is 0 Å². The minimum atomic E-state index is -0.902. The standard InChI is InChI=1S/C21H19NO3/c1-2-25-21(24)18(20(23)16-9-4-3-5-10-16)14-19-17-11-7-6-8-15(17)12-13-22-19/h3-13,18H,2,14H2,1H3/t18-/m0/s1. The van der Waals surface area contributed by atoms with Crippen molar-refractivity contribution in [3.05, 3.63) is 78.1 Å². The molecule has 0 saturated heterocycles. The number of Topliss-reactive ketones (excluding diaryl/α,β-unsaturated/α-hetero) is 1. The van der Waals surface area contributed by atoms with Crippen molar-refractivity contribution in [1.29, 1.82) is 0 Å². The average molecular weight is 333 g/mol. The van der Waals surface area contributed by atoms with E-state index >= 15 is 0 Å². The highest BCUT2D eigenvalue weighted by molar-refractivity contribution is 6.09. The van der Waals surface area contributed by atoms with Crippen LogP contribution >= 0.6 is 0 Å². The summed E-state index contributed by atoms with van der Waals surface area (Å²) in [4.78, 5) is 29.7. The molecule has 4 heteroatoms. The van der Waals surface area contributed by atoms with Gasteiger partial charge >= 0.3 is 5.97 Å². The number of hydrogen-bond acceptors (Lipinski definition) is 4. The van der Waals surface area contributed by atoms with Crippen LogP contribution < -0.4 is 0 Å². The first kappa shape index (κ1) is 16.8. The van der Waals surface area contributed by atoms with E-state index in [4.69, 9.17) is 4.74 Å². The van der Waals surface area contributed by atoms with Gasteiger partial charge in [0.1, 0.15) is 5.92 Å². The lowest BCUT2D eigenvalue weighted by Crippen LogP contribution is -2.28. The molecule has 4 nitrogen and oxygen atoms in total. The molecule has 1 atom stereocenters. The molecule has 3 aromatic rings. The van der Waals surface area contributed by atoms with Gasteiger partial charge < -0.3 is 4.74 Å². The smallest absolute Gasteiger partial charge is 0.317 e. The second-order valence-electron chi connectivity index (χ2n) is 5.72. The van der Waals surface area contributed by atoms with Gasteiger partial charge in [-0.15, -0.1) is 0 Å². The molecule has 0 N–H and O–H groups in total.